The Morgan fingerprint density at radius 2 is 2.42 bits per heavy atom. The molecule has 0 amide bonds. The minimum atomic E-state index is -0.544. The fourth-order valence-electron chi connectivity index (χ4n) is 2.59. The normalized spacial score (nSPS) is 23.4. The molecule has 1 fully saturated rings. The average Bonchev–Trinajstić information content (AvgIpc) is 2.98. The molecular formula is C14H26N4O. The Balaban J connectivity index is 1.65. The predicted molar refractivity (Wildman–Crippen MR) is 76.2 cm³/mol. The zero-order chi connectivity index (χ0) is 13.7. The van der Waals surface area contributed by atoms with Gasteiger partial charge in [0.1, 0.15) is 5.82 Å². The first-order valence-electron chi connectivity index (χ1n) is 7.26. The number of rotatable bonds is 7. The standard InChI is InChI=1S/C14H26N4O/c1-12(2)13-17-7-9-18(13)8-3-5-15-10-14(19)4-6-16-11-14/h7,9,12,15-16,19H,3-6,8,10-11H2,1-2H3. The first-order chi connectivity index (χ1) is 9.11. The van der Waals surface area contributed by atoms with E-state index in [1.807, 2.05) is 12.4 Å². The van der Waals surface area contributed by atoms with Gasteiger partial charge in [0.05, 0.1) is 5.60 Å². The van der Waals surface area contributed by atoms with Crippen molar-refractivity contribution in [2.75, 3.05) is 26.2 Å². The summed E-state index contributed by atoms with van der Waals surface area (Å²) in [6.07, 6.45) is 5.82. The SMILES string of the molecule is CC(C)c1nccn1CCCNCC1(O)CCNC1. The van der Waals surface area contributed by atoms with Crippen molar-refractivity contribution in [3.63, 3.8) is 0 Å². The highest BCUT2D eigenvalue weighted by Gasteiger charge is 2.30. The third-order valence-corrected chi connectivity index (χ3v) is 3.69. The summed E-state index contributed by atoms with van der Waals surface area (Å²) in [6.45, 7) is 8.56. The van der Waals surface area contributed by atoms with Crippen LogP contribution in [0, 0.1) is 0 Å². The third-order valence-electron chi connectivity index (χ3n) is 3.69. The van der Waals surface area contributed by atoms with E-state index in [1.165, 1.54) is 0 Å². The van der Waals surface area contributed by atoms with Crippen LogP contribution in [-0.4, -0.2) is 46.4 Å². The lowest BCUT2D eigenvalue weighted by molar-refractivity contribution is 0.0612. The predicted octanol–water partition coefficient (Wildman–Crippen LogP) is 0.711. The first kappa shape index (κ1) is 14.5. The van der Waals surface area contributed by atoms with Gasteiger partial charge < -0.3 is 20.3 Å². The lowest BCUT2D eigenvalue weighted by atomic mass is 10.0. The van der Waals surface area contributed by atoms with Gasteiger partial charge in [-0.1, -0.05) is 13.8 Å². The van der Waals surface area contributed by atoms with Gasteiger partial charge >= 0.3 is 0 Å². The molecule has 0 aliphatic carbocycles. The van der Waals surface area contributed by atoms with Crippen molar-refractivity contribution in [1.82, 2.24) is 20.2 Å². The Bertz CT molecular complexity index is 383. The van der Waals surface area contributed by atoms with Gasteiger partial charge in [-0.05, 0) is 25.9 Å². The quantitative estimate of drug-likeness (QED) is 0.636. The maximum absolute atomic E-state index is 10.2. The molecule has 2 heterocycles. The van der Waals surface area contributed by atoms with Crippen molar-refractivity contribution in [2.45, 2.75) is 44.8 Å². The number of nitrogens with zero attached hydrogens (tertiary/aromatic N) is 2. The van der Waals surface area contributed by atoms with Crippen molar-refractivity contribution in [2.24, 2.45) is 0 Å². The van der Waals surface area contributed by atoms with Crippen LogP contribution in [0.5, 0.6) is 0 Å². The second kappa shape index (κ2) is 6.50. The number of aromatic nitrogens is 2. The number of imidazole rings is 1. The maximum Gasteiger partial charge on any atom is 0.111 e. The van der Waals surface area contributed by atoms with Crippen LogP contribution in [-0.2, 0) is 6.54 Å². The van der Waals surface area contributed by atoms with Gasteiger partial charge in [0, 0.05) is 37.9 Å². The summed E-state index contributed by atoms with van der Waals surface area (Å²) in [6, 6.07) is 0. The van der Waals surface area contributed by atoms with E-state index in [1.54, 1.807) is 0 Å². The summed E-state index contributed by atoms with van der Waals surface area (Å²) in [5.41, 5.74) is -0.544. The fourth-order valence-corrected chi connectivity index (χ4v) is 2.59. The second-order valence-electron chi connectivity index (χ2n) is 5.81. The maximum atomic E-state index is 10.2. The molecule has 0 spiro atoms. The lowest BCUT2D eigenvalue weighted by Crippen LogP contribution is -2.42. The fraction of sp³-hybridized carbons (Fsp3) is 0.786. The molecule has 1 saturated heterocycles. The van der Waals surface area contributed by atoms with E-state index < -0.39 is 5.60 Å². The molecule has 0 radical (unpaired) electrons. The zero-order valence-corrected chi connectivity index (χ0v) is 12.0. The van der Waals surface area contributed by atoms with Crippen molar-refractivity contribution < 1.29 is 5.11 Å². The topological polar surface area (TPSA) is 62.1 Å². The molecule has 1 aliphatic rings. The monoisotopic (exact) mass is 266 g/mol. The van der Waals surface area contributed by atoms with Crippen molar-refractivity contribution in [3.8, 4) is 0 Å². The Kier molecular flexibility index (Phi) is 4.96. The van der Waals surface area contributed by atoms with Crippen molar-refractivity contribution in [1.29, 1.82) is 0 Å². The molecule has 19 heavy (non-hydrogen) atoms. The minimum absolute atomic E-state index is 0.466. The van der Waals surface area contributed by atoms with E-state index >= 15 is 0 Å². The molecule has 0 aromatic carbocycles. The highest BCUT2D eigenvalue weighted by Crippen LogP contribution is 2.13. The zero-order valence-electron chi connectivity index (χ0n) is 12.0. The molecule has 0 saturated carbocycles. The van der Waals surface area contributed by atoms with E-state index in [0.29, 0.717) is 19.0 Å². The first-order valence-corrected chi connectivity index (χ1v) is 7.26. The minimum Gasteiger partial charge on any atom is -0.387 e. The van der Waals surface area contributed by atoms with Crippen LogP contribution >= 0.6 is 0 Å². The van der Waals surface area contributed by atoms with E-state index in [2.05, 4.69) is 34.0 Å². The molecule has 1 aromatic rings. The Morgan fingerprint density at radius 3 is 3.11 bits per heavy atom. The van der Waals surface area contributed by atoms with Crippen LogP contribution in [0.15, 0.2) is 12.4 Å². The van der Waals surface area contributed by atoms with Gasteiger partial charge in [0.15, 0.2) is 0 Å². The molecule has 108 valence electrons. The van der Waals surface area contributed by atoms with Crippen LogP contribution in [0.4, 0.5) is 0 Å². The van der Waals surface area contributed by atoms with E-state index in [4.69, 9.17) is 0 Å². The van der Waals surface area contributed by atoms with Gasteiger partial charge in [-0.3, -0.25) is 0 Å². The van der Waals surface area contributed by atoms with Gasteiger partial charge in [0.25, 0.3) is 0 Å². The molecule has 1 aromatic heterocycles. The molecule has 1 aliphatic heterocycles. The van der Waals surface area contributed by atoms with Gasteiger partial charge in [-0.15, -0.1) is 0 Å². The van der Waals surface area contributed by atoms with Gasteiger partial charge in [-0.25, -0.2) is 4.98 Å². The van der Waals surface area contributed by atoms with E-state index in [-0.39, 0.29) is 0 Å². The summed E-state index contributed by atoms with van der Waals surface area (Å²) in [4.78, 5) is 4.38. The molecular weight excluding hydrogens is 240 g/mol. The molecule has 3 N–H and O–H groups in total. The summed E-state index contributed by atoms with van der Waals surface area (Å²) >= 11 is 0. The highest BCUT2D eigenvalue weighted by molar-refractivity contribution is 4.97. The number of nitrogens with one attached hydrogen (secondary N) is 2. The van der Waals surface area contributed by atoms with Crippen molar-refractivity contribution in [3.05, 3.63) is 18.2 Å². The summed E-state index contributed by atoms with van der Waals surface area (Å²) < 4.78 is 2.22. The Hall–Kier alpha value is -0.910. The van der Waals surface area contributed by atoms with E-state index in [0.717, 1.165) is 38.3 Å². The average molecular weight is 266 g/mol. The Morgan fingerprint density at radius 1 is 1.58 bits per heavy atom. The summed E-state index contributed by atoms with van der Waals surface area (Å²) in [5, 5.41) is 16.7. The third kappa shape index (κ3) is 4.03. The molecule has 0 bridgehead atoms. The van der Waals surface area contributed by atoms with Crippen LogP contribution in [0.25, 0.3) is 0 Å². The molecule has 5 nitrogen and oxygen atoms in total. The highest BCUT2D eigenvalue weighted by atomic mass is 16.3. The summed E-state index contributed by atoms with van der Waals surface area (Å²) in [7, 11) is 0. The van der Waals surface area contributed by atoms with Crippen LogP contribution in [0.2, 0.25) is 0 Å². The molecule has 1 atom stereocenters. The van der Waals surface area contributed by atoms with Crippen LogP contribution in [0.1, 0.15) is 38.4 Å². The molecule has 2 rings (SSSR count). The smallest absolute Gasteiger partial charge is 0.111 e. The summed E-state index contributed by atoms with van der Waals surface area (Å²) in [5.74, 6) is 1.62. The number of aryl methyl sites for hydroxylation is 1. The largest absolute Gasteiger partial charge is 0.387 e. The lowest BCUT2D eigenvalue weighted by Gasteiger charge is -2.21. The number of hydrogen-bond acceptors (Lipinski definition) is 4. The van der Waals surface area contributed by atoms with Crippen LogP contribution in [0.3, 0.4) is 0 Å². The van der Waals surface area contributed by atoms with Gasteiger partial charge in [0.2, 0.25) is 0 Å². The van der Waals surface area contributed by atoms with Crippen LogP contribution < -0.4 is 10.6 Å². The number of β-amino-alcohol motifs (C(OH)–C–C–N with tert-alkyl or cyclic N) is 1. The van der Waals surface area contributed by atoms with E-state index in [9.17, 15) is 5.11 Å². The molecule has 1 unspecified atom stereocenters. The number of hydrogen-bond donors (Lipinski definition) is 3. The number of aliphatic hydroxyl groups is 1. The second-order valence-corrected chi connectivity index (χ2v) is 5.81. The Labute approximate surface area is 115 Å². The van der Waals surface area contributed by atoms with Gasteiger partial charge in [-0.2, -0.15) is 0 Å². The molecule has 5 heteroatoms. The van der Waals surface area contributed by atoms with Crippen molar-refractivity contribution >= 4 is 0 Å².